The second kappa shape index (κ2) is 5.36. The minimum atomic E-state index is -1.23. The summed E-state index contributed by atoms with van der Waals surface area (Å²) >= 11 is 0. The van der Waals surface area contributed by atoms with E-state index in [1.807, 2.05) is 0 Å². The van der Waals surface area contributed by atoms with Crippen molar-refractivity contribution < 1.29 is 24.2 Å². The van der Waals surface area contributed by atoms with E-state index in [-0.39, 0.29) is 0 Å². The van der Waals surface area contributed by atoms with Crippen LogP contribution >= 0.6 is 0 Å². The van der Waals surface area contributed by atoms with E-state index in [1.54, 1.807) is 27.7 Å². The number of carbonyl (C=O) groups is 2. The summed E-state index contributed by atoms with van der Waals surface area (Å²) in [4.78, 5) is 25.1. The summed E-state index contributed by atoms with van der Waals surface area (Å²) in [5, 5.41) is 9.49. The van der Waals surface area contributed by atoms with Gasteiger partial charge in [-0.25, -0.2) is 9.59 Å². The van der Waals surface area contributed by atoms with Crippen LogP contribution in [0, 0.1) is 0 Å². The number of carboxylic acid groups (broad SMARTS) is 1. The Kier molecular flexibility index (Phi) is 4.45. The lowest BCUT2D eigenvalue weighted by Gasteiger charge is -2.37. The van der Waals surface area contributed by atoms with Crippen LogP contribution < -0.4 is 0 Å². The van der Waals surface area contributed by atoms with Crippen molar-refractivity contribution in [2.75, 3.05) is 7.11 Å². The molecule has 1 unspecified atom stereocenters. The highest BCUT2D eigenvalue weighted by Crippen LogP contribution is 2.38. The third-order valence-corrected chi connectivity index (χ3v) is 3.40. The summed E-state index contributed by atoms with van der Waals surface area (Å²) in [6.45, 7) is 7.00. The third kappa shape index (κ3) is 3.00. The van der Waals surface area contributed by atoms with Crippen molar-refractivity contribution in [2.24, 2.45) is 0 Å². The van der Waals surface area contributed by atoms with E-state index in [9.17, 15) is 14.7 Å². The van der Waals surface area contributed by atoms with Crippen LogP contribution in [0.5, 0.6) is 0 Å². The summed E-state index contributed by atoms with van der Waals surface area (Å²) in [6, 6.07) is 0. The third-order valence-electron chi connectivity index (χ3n) is 3.40. The highest BCUT2D eigenvalue weighted by atomic mass is 16.6. The van der Waals surface area contributed by atoms with Gasteiger partial charge in [0.25, 0.3) is 0 Å². The van der Waals surface area contributed by atoms with Gasteiger partial charge in [-0.3, -0.25) is 4.90 Å². The van der Waals surface area contributed by atoms with E-state index in [0.29, 0.717) is 19.3 Å². The zero-order valence-electron chi connectivity index (χ0n) is 12.2. The molecular weight excluding hydrogens is 250 g/mol. The minimum absolute atomic E-state index is 0.321. The first-order chi connectivity index (χ1) is 8.68. The second-order valence-electron chi connectivity index (χ2n) is 5.77. The van der Waals surface area contributed by atoms with Crippen molar-refractivity contribution in [3.8, 4) is 0 Å². The van der Waals surface area contributed by atoms with Gasteiger partial charge < -0.3 is 14.6 Å². The number of hydrogen-bond donors (Lipinski definition) is 1. The van der Waals surface area contributed by atoms with Crippen LogP contribution in [0.3, 0.4) is 0 Å². The fourth-order valence-electron chi connectivity index (χ4n) is 2.42. The molecule has 1 saturated heterocycles. The number of hydrogen-bond acceptors (Lipinski definition) is 4. The topological polar surface area (TPSA) is 76.1 Å². The predicted octanol–water partition coefficient (Wildman–Crippen LogP) is 2.22. The number of ether oxygens (including phenoxy) is 2. The molecule has 0 bridgehead atoms. The molecule has 0 aliphatic carbocycles. The summed E-state index contributed by atoms with van der Waals surface area (Å²) in [7, 11) is 1.47. The average molecular weight is 273 g/mol. The molecule has 6 heteroatoms. The van der Waals surface area contributed by atoms with Crippen LogP contribution in [0.25, 0.3) is 0 Å². The molecule has 0 spiro atoms. The van der Waals surface area contributed by atoms with Crippen LogP contribution in [0.15, 0.2) is 0 Å². The largest absolute Gasteiger partial charge is 0.479 e. The number of methoxy groups -OCH3 is 1. The first-order valence-corrected chi connectivity index (χ1v) is 6.46. The van der Waals surface area contributed by atoms with Gasteiger partial charge in [0.1, 0.15) is 17.4 Å². The Labute approximate surface area is 113 Å². The Morgan fingerprint density at radius 2 is 2.00 bits per heavy atom. The normalized spacial score (nSPS) is 27.4. The number of carboxylic acids is 1. The first-order valence-electron chi connectivity index (χ1n) is 6.46. The number of carbonyl (C=O) groups excluding carboxylic acids is 1. The van der Waals surface area contributed by atoms with Crippen molar-refractivity contribution in [3.63, 3.8) is 0 Å². The van der Waals surface area contributed by atoms with E-state index < -0.39 is 29.4 Å². The molecule has 19 heavy (non-hydrogen) atoms. The smallest absolute Gasteiger partial charge is 0.413 e. The zero-order chi connectivity index (χ0) is 14.8. The zero-order valence-corrected chi connectivity index (χ0v) is 12.2. The van der Waals surface area contributed by atoms with Gasteiger partial charge in [-0.05, 0) is 40.0 Å². The van der Waals surface area contributed by atoms with Crippen molar-refractivity contribution in [3.05, 3.63) is 0 Å². The molecule has 1 fully saturated rings. The van der Waals surface area contributed by atoms with Gasteiger partial charge >= 0.3 is 12.1 Å². The Hall–Kier alpha value is -1.30. The second-order valence-corrected chi connectivity index (χ2v) is 5.77. The molecule has 1 rings (SSSR count). The predicted molar refractivity (Wildman–Crippen MR) is 68.8 cm³/mol. The van der Waals surface area contributed by atoms with Crippen LogP contribution in [0.2, 0.25) is 0 Å². The molecule has 1 amide bonds. The number of amides is 1. The van der Waals surface area contributed by atoms with E-state index >= 15 is 0 Å². The van der Waals surface area contributed by atoms with Gasteiger partial charge in [0.05, 0.1) is 0 Å². The summed E-state index contributed by atoms with van der Waals surface area (Å²) in [5.74, 6) is -1.01. The van der Waals surface area contributed by atoms with Crippen LogP contribution in [0.1, 0.15) is 47.0 Å². The lowest BCUT2D eigenvalue weighted by molar-refractivity contribution is -0.154. The van der Waals surface area contributed by atoms with Gasteiger partial charge in [-0.15, -0.1) is 0 Å². The molecule has 1 N–H and O–H groups in total. The van der Waals surface area contributed by atoms with Gasteiger partial charge in [0.2, 0.25) is 0 Å². The molecule has 1 aliphatic rings. The monoisotopic (exact) mass is 273 g/mol. The molecule has 2 atom stereocenters. The summed E-state index contributed by atoms with van der Waals surface area (Å²) < 4.78 is 10.5. The average Bonchev–Trinajstić information content (AvgIpc) is 2.66. The fourth-order valence-corrected chi connectivity index (χ4v) is 2.42. The number of nitrogens with zero attached hydrogens (tertiary/aromatic N) is 1. The molecule has 1 aliphatic heterocycles. The van der Waals surface area contributed by atoms with Crippen molar-refractivity contribution in [1.29, 1.82) is 0 Å². The molecule has 110 valence electrons. The highest BCUT2D eigenvalue weighted by molar-refractivity contribution is 5.85. The van der Waals surface area contributed by atoms with E-state index in [0.717, 1.165) is 0 Å². The molecule has 1 heterocycles. The number of rotatable bonds is 3. The van der Waals surface area contributed by atoms with Gasteiger partial charge in [-0.2, -0.15) is 0 Å². The maximum atomic E-state index is 12.3. The van der Waals surface area contributed by atoms with Crippen molar-refractivity contribution in [2.45, 2.75) is 64.3 Å². The lowest BCUT2D eigenvalue weighted by Crippen LogP contribution is -2.56. The highest BCUT2D eigenvalue weighted by Gasteiger charge is 2.54. The van der Waals surface area contributed by atoms with Crippen LogP contribution in [0.4, 0.5) is 4.79 Å². The van der Waals surface area contributed by atoms with Crippen LogP contribution in [-0.4, -0.2) is 46.5 Å². The van der Waals surface area contributed by atoms with Gasteiger partial charge in [0, 0.05) is 7.11 Å². The van der Waals surface area contributed by atoms with E-state index in [2.05, 4.69) is 0 Å². The maximum Gasteiger partial charge on any atom is 0.413 e. The molecule has 0 radical (unpaired) electrons. The quantitative estimate of drug-likeness (QED) is 0.853. The standard InChI is InChI=1S/C13H23NO5/c1-6-13(10(15)16)8-7-9(18-5)14(13)11(17)19-12(2,3)4/h9H,6-8H2,1-5H3,(H,15,16)/t9?,13-/m0/s1. The van der Waals surface area contributed by atoms with Crippen LogP contribution in [-0.2, 0) is 14.3 Å². The number of aliphatic carboxylic acids is 1. The van der Waals surface area contributed by atoms with Crippen molar-refractivity contribution >= 4 is 12.1 Å². The Balaban J connectivity index is 3.08. The Morgan fingerprint density at radius 1 is 1.42 bits per heavy atom. The molecule has 0 saturated carbocycles. The molecular formula is C13H23NO5. The molecule has 0 aromatic carbocycles. The maximum absolute atomic E-state index is 12.3. The SMILES string of the molecule is CC[C@@]1(C(=O)O)CCC(OC)N1C(=O)OC(C)(C)C. The van der Waals surface area contributed by atoms with Gasteiger partial charge in [0.15, 0.2) is 0 Å². The minimum Gasteiger partial charge on any atom is -0.479 e. The number of likely N-dealkylation sites (tertiary alicyclic amines) is 1. The Morgan fingerprint density at radius 3 is 2.37 bits per heavy atom. The van der Waals surface area contributed by atoms with Gasteiger partial charge in [-0.1, -0.05) is 6.92 Å². The molecule has 0 aromatic rings. The summed E-state index contributed by atoms with van der Waals surface area (Å²) in [5.41, 5.74) is -1.90. The lowest BCUT2D eigenvalue weighted by atomic mass is 9.93. The first kappa shape index (κ1) is 15.8. The molecule has 6 nitrogen and oxygen atoms in total. The Bertz CT molecular complexity index is 363. The van der Waals surface area contributed by atoms with E-state index in [4.69, 9.17) is 9.47 Å². The summed E-state index contributed by atoms with van der Waals surface area (Å²) in [6.07, 6.45) is 0.000432. The van der Waals surface area contributed by atoms with E-state index in [1.165, 1.54) is 12.0 Å². The van der Waals surface area contributed by atoms with Crippen molar-refractivity contribution in [1.82, 2.24) is 4.90 Å². The fraction of sp³-hybridized carbons (Fsp3) is 0.846. The molecule has 0 aromatic heterocycles.